The van der Waals surface area contributed by atoms with E-state index < -0.39 is 20.4 Å². The Bertz CT molecular complexity index is 179. The second-order valence-corrected chi connectivity index (χ2v) is 6.95. The van der Waals surface area contributed by atoms with Crippen LogP contribution < -0.4 is 0 Å². The zero-order valence-electron chi connectivity index (χ0n) is 8.11. The smallest absolute Gasteiger partial charge is 0.296 e. The molecular weight excluding hydrogens is 197 g/mol. The normalized spacial score (nSPS) is 16.8. The Balaban J connectivity index is 4.50. The molecule has 5 heteroatoms. The van der Waals surface area contributed by atoms with Crippen molar-refractivity contribution in [1.82, 2.24) is 0 Å². The van der Waals surface area contributed by atoms with E-state index in [1.54, 1.807) is 13.8 Å². The molecule has 0 aromatic rings. The minimum atomic E-state index is -4.61. The summed E-state index contributed by atoms with van der Waals surface area (Å²) in [4.78, 5) is 10.9. The zero-order chi connectivity index (χ0) is 10.6. The van der Waals surface area contributed by atoms with Gasteiger partial charge in [0.2, 0.25) is 5.41 Å². The lowest BCUT2D eigenvalue weighted by atomic mass is 10.4. The second kappa shape index (κ2) is 4.79. The van der Waals surface area contributed by atoms with E-state index >= 15 is 0 Å². The van der Waals surface area contributed by atoms with Crippen molar-refractivity contribution in [1.29, 1.82) is 0 Å². The van der Waals surface area contributed by atoms with Gasteiger partial charge in [0.05, 0.1) is 0 Å². The van der Waals surface area contributed by atoms with Crippen LogP contribution in [0.4, 0.5) is 13.2 Å². The van der Waals surface area contributed by atoms with E-state index in [0.717, 1.165) is 0 Å². The molecule has 13 heavy (non-hydrogen) atoms. The molecule has 0 radical (unpaired) electrons. The first-order valence-corrected chi connectivity index (χ1v) is 6.51. The molecule has 0 spiro atoms. The number of halogens is 3. The number of hydrogen-bond acceptors (Lipinski definition) is 1. The van der Waals surface area contributed by atoms with E-state index in [0.29, 0.717) is 12.5 Å². The molecule has 78 valence electrons. The fraction of sp³-hybridized carbons (Fsp3) is 0.875. The van der Waals surface area contributed by atoms with Gasteiger partial charge in [0, 0.05) is 0 Å². The summed E-state index contributed by atoms with van der Waals surface area (Å²) >= 11 is 0. The van der Waals surface area contributed by atoms with Crippen LogP contribution in [0.3, 0.4) is 0 Å². The first-order chi connectivity index (χ1) is 5.84. The molecule has 0 N–H and O–H groups in total. The summed E-state index contributed by atoms with van der Waals surface area (Å²) in [5.41, 5.74) is -0.0564. The number of alkyl halides is 3. The molecule has 0 heterocycles. The van der Waals surface area contributed by atoms with E-state index in [-0.39, 0.29) is 5.54 Å². The molecule has 0 aromatic carbocycles. The van der Waals surface area contributed by atoms with E-state index in [2.05, 4.69) is 0 Å². The highest BCUT2D eigenvalue weighted by molar-refractivity contribution is 6.91. The molecule has 0 aromatic heterocycles. The van der Waals surface area contributed by atoms with Gasteiger partial charge >= 0.3 is 6.18 Å². The quantitative estimate of drug-likeness (QED) is 0.655. The van der Waals surface area contributed by atoms with Crippen LogP contribution in [0.1, 0.15) is 27.2 Å². The van der Waals surface area contributed by atoms with Gasteiger partial charge in [0.15, 0.2) is 0 Å². The third kappa shape index (κ3) is 3.50. The van der Waals surface area contributed by atoms with Crippen LogP contribution >= 0.6 is 0 Å². The summed E-state index contributed by atoms with van der Waals surface area (Å²) in [7, 11) is -2.29. The number of rotatable bonds is 4. The maximum absolute atomic E-state index is 12.1. The molecule has 1 nitrogen and oxygen atoms in total. The van der Waals surface area contributed by atoms with Crippen LogP contribution in [-0.4, -0.2) is 20.4 Å². The molecule has 0 aliphatic rings. The van der Waals surface area contributed by atoms with Crippen LogP contribution in [0.5, 0.6) is 0 Å². The highest BCUT2D eigenvalue weighted by atomic mass is 28.3. The van der Waals surface area contributed by atoms with Crippen LogP contribution in [0.2, 0.25) is 11.6 Å². The Morgan fingerprint density at radius 1 is 1.38 bits per heavy atom. The third-order valence-corrected chi connectivity index (χ3v) is 6.11. The van der Waals surface area contributed by atoms with Crippen molar-refractivity contribution in [3.63, 3.8) is 0 Å². The van der Waals surface area contributed by atoms with Crippen molar-refractivity contribution in [3.05, 3.63) is 0 Å². The Morgan fingerprint density at radius 3 is 2.08 bits per heavy atom. The molecule has 0 fully saturated rings. The van der Waals surface area contributed by atoms with Crippen molar-refractivity contribution in [3.8, 4) is 0 Å². The fourth-order valence-corrected chi connectivity index (χ4v) is 4.02. The predicted molar refractivity (Wildman–Crippen MR) is 48.4 cm³/mol. The largest absolute Gasteiger partial charge is 0.444 e. The topological polar surface area (TPSA) is 17.1 Å². The lowest BCUT2D eigenvalue weighted by molar-refractivity contribution is -0.162. The molecule has 0 aliphatic heterocycles. The van der Waals surface area contributed by atoms with Crippen molar-refractivity contribution >= 4 is 14.2 Å². The first-order valence-electron chi connectivity index (χ1n) is 4.45. The lowest BCUT2D eigenvalue weighted by Gasteiger charge is -2.19. The number of hydrogen-bond donors (Lipinski definition) is 0. The SMILES string of the molecule is CCC(C)[SiH](CC)C(=O)C(F)(F)F. The summed E-state index contributed by atoms with van der Waals surface area (Å²) in [6.07, 6.45) is -3.96. The third-order valence-electron chi connectivity index (χ3n) is 2.39. The van der Waals surface area contributed by atoms with Crippen LogP contribution in [-0.2, 0) is 4.79 Å². The minimum Gasteiger partial charge on any atom is -0.296 e. The Labute approximate surface area is 77.9 Å². The fourth-order valence-electron chi connectivity index (χ4n) is 1.34. The van der Waals surface area contributed by atoms with Gasteiger partial charge in [-0.15, -0.1) is 0 Å². The van der Waals surface area contributed by atoms with Crippen LogP contribution in [0, 0.1) is 0 Å². The van der Waals surface area contributed by atoms with Gasteiger partial charge in [-0.05, 0) is 5.54 Å². The standard InChI is InChI=1S/C8H15F3OSi/c1-4-6(3)13(5-2)7(12)8(9,10)11/h6,13H,4-5H2,1-3H3. The molecule has 0 saturated heterocycles. The molecule has 2 unspecified atom stereocenters. The van der Waals surface area contributed by atoms with Crippen molar-refractivity contribution < 1.29 is 18.0 Å². The van der Waals surface area contributed by atoms with E-state index in [1.807, 2.05) is 6.92 Å². The summed E-state index contributed by atoms with van der Waals surface area (Å²) in [6.45, 7) is 5.24. The Morgan fingerprint density at radius 2 is 1.85 bits per heavy atom. The van der Waals surface area contributed by atoms with Gasteiger partial charge in [-0.25, -0.2) is 0 Å². The maximum Gasteiger partial charge on any atom is 0.444 e. The average molecular weight is 212 g/mol. The van der Waals surface area contributed by atoms with E-state index in [1.165, 1.54) is 0 Å². The molecule has 0 aliphatic carbocycles. The first kappa shape index (κ1) is 12.7. The zero-order valence-corrected chi connectivity index (χ0v) is 9.27. The molecule has 0 rings (SSSR count). The maximum atomic E-state index is 12.1. The summed E-state index contributed by atoms with van der Waals surface area (Å²) in [5.74, 6) is 0. The van der Waals surface area contributed by atoms with E-state index in [9.17, 15) is 18.0 Å². The van der Waals surface area contributed by atoms with E-state index in [4.69, 9.17) is 0 Å². The molecule has 2 atom stereocenters. The number of carbonyl (C=O) groups excluding carboxylic acids is 1. The predicted octanol–water partition coefficient (Wildman–Crippen LogP) is 2.70. The van der Waals surface area contributed by atoms with Crippen LogP contribution in [0.25, 0.3) is 0 Å². The summed E-state index contributed by atoms with van der Waals surface area (Å²) < 4.78 is 36.2. The van der Waals surface area contributed by atoms with Crippen molar-refractivity contribution in [2.75, 3.05) is 0 Å². The molecule has 0 bridgehead atoms. The second-order valence-electron chi connectivity index (χ2n) is 3.26. The van der Waals surface area contributed by atoms with Crippen molar-refractivity contribution in [2.24, 2.45) is 0 Å². The Hall–Kier alpha value is -0.323. The summed E-state index contributed by atoms with van der Waals surface area (Å²) in [5, 5.41) is -1.44. The molecule has 0 amide bonds. The molecular formula is C8H15F3OSi. The van der Waals surface area contributed by atoms with Crippen LogP contribution in [0.15, 0.2) is 0 Å². The van der Waals surface area contributed by atoms with Gasteiger partial charge in [0.25, 0.3) is 0 Å². The average Bonchev–Trinajstić information content (AvgIpc) is 2.03. The monoisotopic (exact) mass is 212 g/mol. The molecule has 0 saturated carbocycles. The number of carbonyl (C=O) groups is 1. The Kier molecular flexibility index (Phi) is 4.67. The van der Waals surface area contributed by atoms with Gasteiger partial charge in [-0.1, -0.05) is 33.2 Å². The van der Waals surface area contributed by atoms with Gasteiger partial charge in [-0.2, -0.15) is 13.2 Å². The highest BCUT2D eigenvalue weighted by Crippen LogP contribution is 2.25. The van der Waals surface area contributed by atoms with Gasteiger partial charge in [-0.3, -0.25) is 4.79 Å². The van der Waals surface area contributed by atoms with Gasteiger partial charge < -0.3 is 0 Å². The van der Waals surface area contributed by atoms with Crippen molar-refractivity contribution in [2.45, 2.75) is 45.0 Å². The summed E-state index contributed by atoms with van der Waals surface area (Å²) in [6, 6.07) is 0.396. The lowest BCUT2D eigenvalue weighted by Crippen LogP contribution is -2.39. The minimum absolute atomic E-state index is 0.0564. The highest BCUT2D eigenvalue weighted by Gasteiger charge is 2.44. The van der Waals surface area contributed by atoms with Gasteiger partial charge in [0.1, 0.15) is 8.80 Å².